The van der Waals surface area contributed by atoms with E-state index in [4.69, 9.17) is 0 Å². The van der Waals surface area contributed by atoms with Gasteiger partial charge in [0.05, 0.1) is 0 Å². The maximum atomic E-state index is 4.29. The first-order chi connectivity index (χ1) is 8.83. The molecule has 1 aliphatic heterocycles. The van der Waals surface area contributed by atoms with Crippen LogP contribution >= 0.6 is 15.9 Å². The predicted molar refractivity (Wildman–Crippen MR) is 74.7 cm³/mol. The number of pyridine rings is 1. The molecule has 4 nitrogen and oxygen atoms in total. The Morgan fingerprint density at radius 1 is 1.11 bits per heavy atom. The third-order valence-corrected chi connectivity index (χ3v) is 4.01. The van der Waals surface area contributed by atoms with Crippen LogP contribution in [-0.2, 0) is 6.42 Å². The molecule has 1 aliphatic rings. The SMILES string of the molecule is Brc1ccc2nnc(CCN3CCCCC3)n2c1. The van der Waals surface area contributed by atoms with E-state index in [1.54, 1.807) is 0 Å². The van der Waals surface area contributed by atoms with Gasteiger partial charge in [0.25, 0.3) is 0 Å². The van der Waals surface area contributed by atoms with Crippen LogP contribution in [0.2, 0.25) is 0 Å². The molecule has 3 rings (SSSR count). The highest BCUT2D eigenvalue weighted by Crippen LogP contribution is 2.13. The molecule has 2 aromatic rings. The van der Waals surface area contributed by atoms with Crippen LogP contribution in [0.5, 0.6) is 0 Å². The second-order valence-electron chi connectivity index (χ2n) is 4.84. The number of piperidine rings is 1. The number of fused-ring (bicyclic) bond motifs is 1. The lowest BCUT2D eigenvalue weighted by Gasteiger charge is -2.25. The fraction of sp³-hybridized carbons (Fsp3) is 0.538. The lowest BCUT2D eigenvalue weighted by atomic mass is 10.1. The first-order valence-electron chi connectivity index (χ1n) is 6.54. The molecule has 18 heavy (non-hydrogen) atoms. The summed E-state index contributed by atoms with van der Waals surface area (Å²) in [5.74, 6) is 1.05. The van der Waals surface area contributed by atoms with E-state index in [-0.39, 0.29) is 0 Å². The lowest BCUT2D eigenvalue weighted by molar-refractivity contribution is 0.230. The maximum Gasteiger partial charge on any atom is 0.160 e. The van der Waals surface area contributed by atoms with Gasteiger partial charge in [0.15, 0.2) is 5.65 Å². The molecule has 0 atom stereocenters. The molecular formula is C13H17BrN4. The molecule has 2 aromatic heterocycles. The molecular weight excluding hydrogens is 292 g/mol. The summed E-state index contributed by atoms with van der Waals surface area (Å²) in [6.07, 6.45) is 7.08. The molecule has 1 saturated heterocycles. The highest BCUT2D eigenvalue weighted by Gasteiger charge is 2.12. The van der Waals surface area contributed by atoms with Crippen LogP contribution < -0.4 is 0 Å². The maximum absolute atomic E-state index is 4.29. The molecule has 0 saturated carbocycles. The summed E-state index contributed by atoms with van der Waals surface area (Å²) in [5, 5.41) is 8.48. The minimum absolute atomic E-state index is 0.923. The summed E-state index contributed by atoms with van der Waals surface area (Å²) in [4.78, 5) is 2.53. The summed E-state index contributed by atoms with van der Waals surface area (Å²) >= 11 is 3.49. The average Bonchev–Trinajstić information content (AvgIpc) is 2.80. The molecule has 0 aliphatic carbocycles. The Kier molecular flexibility index (Phi) is 3.61. The highest BCUT2D eigenvalue weighted by atomic mass is 79.9. The minimum atomic E-state index is 0.923. The van der Waals surface area contributed by atoms with Gasteiger partial charge in [-0.1, -0.05) is 6.42 Å². The van der Waals surface area contributed by atoms with Gasteiger partial charge in [0.2, 0.25) is 0 Å². The molecule has 0 aromatic carbocycles. The summed E-state index contributed by atoms with van der Waals surface area (Å²) in [7, 11) is 0. The lowest BCUT2D eigenvalue weighted by Crippen LogP contribution is -2.31. The van der Waals surface area contributed by atoms with Crippen LogP contribution in [0.1, 0.15) is 25.1 Å². The van der Waals surface area contributed by atoms with Gasteiger partial charge in [-0.25, -0.2) is 0 Å². The Balaban J connectivity index is 1.72. The van der Waals surface area contributed by atoms with Crippen LogP contribution in [-0.4, -0.2) is 39.1 Å². The largest absolute Gasteiger partial charge is 0.303 e. The van der Waals surface area contributed by atoms with Crippen molar-refractivity contribution in [1.82, 2.24) is 19.5 Å². The van der Waals surface area contributed by atoms with Gasteiger partial charge in [-0.2, -0.15) is 0 Å². The normalized spacial score (nSPS) is 17.4. The van der Waals surface area contributed by atoms with E-state index >= 15 is 0 Å². The molecule has 5 heteroatoms. The van der Waals surface area contributed by atoms with Crippen LogP contribution in [0.3, 0.4) is 0 Å². The second-order valence-corrected chi connectivity index (χ2v) is 5.76. The Labute approximate surface area is 115 Å². The van der Waals surface area contributed by atoms with Crippen molar-refractivity contribution >= 4 is 21.6 Å². The smallest absolute Gasteiger partial charge is 0.160 e. The molecule has 0 spiro atoms. The van der Waals surface area contributed by atoms with Gasteiger partial charge < -0.3 is 4.90 Å². The van der Waals surface area contributed by atoms with E-state index in [1.807, 2.05) is 18.3 Å². The molecule has 0 bridgehead atoms. The Morgan fingerprint density at radius 2 is 1.94 bits per heavy atom. The van der Waals surface area contributed by atoms with E-state index in [0.29, 0.717) is 0 Å². The number of halogens is 1. The van der Waals surface area contributed by atoms with Crippen molar-refractivity contribution in [2.75, 3.05) is 19.6 Å². The third-order valence-electron chi connectivity index (χ3n) is 3.54. The van der Waals surface area contributed by atoms with Crippen LogP contribution in [0.4, 0.5) is 0 Å². The minimum Gasteiger partial charge on any atom is -0.303 e. The quantitative estimate of drug-likeness (QED) is 0.873. The molecule has 0 amide bonds. The van der Waals surface area contributed by atoms with Crippen molar-refractivity contribution in [3.8, 4) is 0 Å². The molecule has 1 fully saturated rings. The Morgan fingerprint density at radius 3 is 2.78 bits per heavy atom. The van der Waals surface area contributed by atoms with E-state index < -0.39 is 0 Å². The van der Waals surface area contributed by atoms with Gasteiger partial charge in [-0.15, -0.1) is 10.2 Å². The number of rotatable bonds is 3. The summed E-state index contributed by atoms with van der Waals surface area (Å²) < 4.78 is 3.14. The van der Waals surface area contributed by atoms with E-state index in [0.717, 1.165) is 28.9 Å². The Hall–Kier alpha value is -0.940. The van der Waals surface area contributed by atoms with Gasteiger partial charge in [-0.05, 0) is 54.0 Å². The highest BCUT2D eigenvalue weighted by molar-refractivity contribution is 9.10. The number of aromatic nitrogens is 3. The molecule has 3 heterocycles. The van der Waals surface area contributed by atoms with E-state index in [2.05, 4.69) is 35.4 Å². The fourth-order valence-corrected chi connectivity index (χ4v) is 2.86. The topological polar surface area (TPSA) is 33.4 Å². The first kappa shape index (κ1) is 12.1. The monoisotopic (exact) mass is 308 g/mol. The number of likely N-dealkylation sites (tertiary alicyclic amines) is 1. The summed E-state index contributed by atoms with van der Waals surface area (Å²) in [6.45, 7) is 3.56. The van der Waals surface area contributed by atoms with Gasteiger partial charge >= 0.3 is 0 Å². The molecule has 0 radical (unpaired) electrons. The van der Waals surface area contributed by atoms with Crippen molar-refractivity contribution in [3.05, 3.63) is 28.6 Å². The van der Waals surface area contributed by atoms with Gasteiger partial charge in [0.1, 0.15) is 5.82 Å². The summed E-state index contributed by atoms with van der Waals surface area (Å²) in [6, 6.07) is 3.99. The van der Waals surface area contributed by atoms with Gasteiger partial charge in [-0.3, -0.25) is 4.40 Å². The molecule has 0 N–H and O–H groups in total. The zero-order valence-corrected chi connectivity index (χ0v) is 11.9. The van der Waals surface area contributed by atoms with Crippen LogP contribution in [0.25, 0.3) is 5.65 Å². The third kappa shape index (κ3) is 2.57. The van der Waals surface area contributed by atoms with Crippen LogP contribution in [0, 0.1) is 0 Å². The second kappa shape index (κ2) is 5.36. The molecule has 0 unspecified atom stereocenters. The first-order valence-corrected chi connectivity index (χ1v) is 7.34. The zero-order chi connectivity index (χ0) is 12.4. The standard InChI is InChI=1S/C13H17BrN4/c14-11-4-5-12-15-16-13(18(12)10-11)6-9-17-7-2-1-3-8-17/h4-5,10H,1-3,6-9H2. The zero-order valence-electron chi connectivity index (χ0n) is 10.3. The van der Waals surface area contributed by atoms with Crippen molar-refractivity contribution in [2.24, 2.45) is 0 Å². The Bertz CT molecular complexity index is 531. The van der Waals surface area contributed by atoms with Crippen molar-refractivity contribution in [3.63, 3.8) is 0 Å². The van der Waals surface area contributed by atoms with Crippen molar-refractivity contribution < 1.29 is 0 Å². The number of hydrogen-bond donors (Lipinski definition) is 0. The van der Waals surface area contributed by atoms with E-state index in [9.17, 15) is 0 Å². The molecule has 96 valence electrons. The number of hydrogen-bond acceptors (Lipinski definition) is 3. The van der Waals surface area contributed by atoms with Gasteiger partial charge in [0, 0.05) is 23.6 Å². The fourth-order valence-electron chi connectivity index (χ4n) is 2.52. The summed E-state index contributed by atoms with van der Waals surface area (Å²) in [5.41, 5.74) is 0.923. The van der Waals surface area contributed by atoms with Crippen molar-refractivity contribution in [2.45, 2.75) is 25.7 Å². The van der Waals surface area contributed by atoms with Crippen molar-refractivity contribution in [1.29, 1.82) is 0 Å². The van der Waals surface area contributed by atoms with E-state index in [1.165, 1.54) is 32.4 Å². The van der Waals surface area contributed by atoms with Crippen LogP contribution in [0.15, 0.2) is 22.8 Å². The predicted octanol–water partition coefficient (Wildman–Crippen LogP) is 2.52. The average molecular weight is 309 g/mol. The number of nitrogens with zero attached hydrogens (tertiary/aromatic N) is 4.